The molecule has 0 spiro atoms. The topological polar surface area (TPSA) is 203 Å². The van der Waals surface area contributed by atoms with E-state index in [2.05, 4.69) is 46.0 Å². The molecule has 19 nitrogen and oxygen atoms in total. The number of hydrogen-bond donors (Lipinski definition) is 6. The van der Waals surface area contributed by atoms with Gasteiger partial charge in [0, 0.05) is 114 Å². The number of fused-ring (bicyclic) bond motifs is 2. The number of piperazine rings is 1. The number of benzene rings is 3. The van der Waals surface area contributed by atoms with E-state index in [1.807, 2.05) is 48.7 Å². The number of likely N-dealkylation sites (tertiary alicyclic amines) is 1. The first-order valence-electron chi connectivity index (χ1n) is 26.1. The third-order valence-corrected chi connectivity index (χ3v) is 16.9. The summed E-state index contributed by atoms with van der Waals surface area (Å²) in [5.74, 6) is 2.27. The van der Waals surface area contributed by atoms with Gasteiger partial charge in [0.2, 0.25) is 15.9 Å². The molecule has 21 heteroatoms. The van der Waals surface area contributed by atoms with E-state index in [0.717, 1.165) is 99.3 Å². The fourth-order valence-corrected chi connectivity index (χ4v) is 11.6. The number of halogens is 1. The summed E-state index contributed by atoms with van der Waals surface area (Å²) in [5.41, 5.74) is 3.40. The highest BCUT2D eigenvalue weighted by molar-refractivity contribution is 7.92. The lowest BCUT2D eigenvalue weighted by atomic mass is 9.84. The van der Waals surface area contributed by atoms with Crippen molar-refractivity contribution in [2.75, 3.05) is 109 Å². The second kappa shape index (κ2) is 24.0. The number of nitrogens with zero attached hydrogens (tertiary/aromatic N) is 5. The van der Waals surface area contributed by atoms with Crippen LogP contribution in [-0.2, 0) is 26.7 Å². The molecule has 9 rings (SSSR count). The first-order chi connectivity index (χ1) is 35.7. The number of carbonyl (C=O) groups is 2. The Morgan fingerprint density at radius 2 is 1.61 bits per heavy atom. The van der Waals surface area contributed by atoms with Gasteiger partial charge in [0.05, 0.1) is 28.9 Å². The van der Waals surface area contributed by atoms with Gasteiger partial charge in [-0.2, -0.15) is 0 Å². The Labute approximate surface area is 439 Å². The number of ether oxygens (including phenoxy) is 3. The van der Waals surface area contributed by atoms with Gasteiger partial charge >= 0.3 is 0 Å². The molecule has 400 valence electrons. The van der Waals surface area contributed by atoms with Gasteiger partial charge in [0.15, 0.2) is 12.4 Å². The third kappa shape index (κ3) is 13.0. The van der Waals surface area contributed by atoms with Crippen LogP contribution in [0.2, 0.25) is 0 Å². The van der Waals surface area contributed by atoms with E-state index in [4.69, 9.17) is 25.8 Å². The normalized spacial score (nSPS) is 23.3. The van der Waals surface area contributed by atoms with E-state index in [9.17, 15) is 22.8 Å². The molecule has 1 aromatic heterocycles. The minimum atomic E-state index is -3.51. The summed E-state index contributed by atoms with van der Waals surface area (Å²) in [6.45, 7) is 11.3. The molecule has 4 fully saturated rings. The summed E-state index contributed by atoms with van der Waals surface area (Å²) in [6.07, 6.45) is 7.20. The first-order valence-corrected chi connectivity index (χ1v) is 28.2. The molecule has 2 amide bonds. The Bertz CT molecular complexity index is 2840. The molecule has 74 heavy (non-hydrogen) atoms. The second-order valence-electron chi connectivity index (χ2n) is 20.0. The number of pyridine rings is 1. The summed E-state index contributed by atoms with van der Waals surface area (Å²) < 4.78 is 47.6. The Morgan fingerprint density at radius 3 is 2.38 bits per heavy atom. The van der Waals surface area contributed by atoms with Gasteiger partial charge < -0.3 is 44.5 Å². The molecule has 5 atom stereocenters. The van der Waals surface area contributed by atoms with Gasteiger partial charge in [0.1, 0.15) is 30.1 Å². The van der Waals surface area contributed by atoms with Crippen LogP contribution in [-0.4, -0.2) is 167 Å². The number of carbonyl (C=O) groups excluding carboxylic acids is 2. The first kappa shape index (κ1) is 53.4. The van der Waals surface area contributed by atoms with Crippen molar-refractivity contribution in [3.05, 3.63) is 88.8 Å². The van der Waals surface area contributed by atoms with Crippen LogP contribution in [0.3, 0.4) is 0 Å². The fraction of sp³-hybridized carbons (Fsp3) is 0.528. The highest BCUT2D eigenvalue weighted by Gasteiger charge is 2.41. The molecule has 5 aliphatic heterocycles. The zero-order valence-corrected chi connectivity index (χ0v) is 44.5. The summed E-state index contributed by atoms with van der Waals surface area (Å²) in [7, 11) is 1.45. The van der Waals surface area contributed by atoms with Gasteiger partial charge in [0.25, 0.3) is 11.5 Å². The van der Waals surface area contributed by atoms with E-state index in [-0.39, 0.29) is 65.3 Å². The SMILES string of the molecule is CCS(=O)(=O)Nc1ccc(Oc2cccc(OCCN3CCN(CCCC4CCN(C5NCC(Cl)C(Nc6ccc7c(c6)cc(OCC(=O)NC)c(=O)n7C)N5)CC4)CC3)c2)c(C2=CN(C)C(=O)C3NCCC23)c1. The third-order valence-electron chi connectivity index (χ3n) is 15.1. The van der Waals surface area contributed by atoms with E-state index < -0.39 is 10.0 Å². The number of piperidine rings is 1. The lowest BCUT2D eigenvalue weighted by Gasteiger charge is -2.44. The lowest BCUT2D eigenvalue weighted by molar-refractivity contribution is -0.130. The summed E-state index contributed by atoms with van der Waals surface area (Å²) in [4.78, 5) is 46.7. The number of rotatable bonds is 20. The quantitative estimate of drug-likeness (QED) is 0.0693. The highest BCUT2D eigenvalue weighted by Crippen LogP contribution is 2.42. The zero-order chi connectivity index (χ0) is 51.9. The number of amides is 2. The Balaban J connectivity index is 0.690. The molecular weight excluding hydrogens is 986 g/mol. The minimum Gasteiger partial charge on any atom is -0.492 e. The van der Waals surface area contributed by atoms with Gasteiger partial charge in [-0.15, -0.1) is 11.6 Å². The van der Waals surface area contributed by atoms with Crippen molar-refractivity contribution in [1.29, 1.82) is 0 Å². The Hall–Kier alpha value is -5.45. The maximum atomic E-state index is 13.0. The molecule has 0 aliphatic carbocycles. The molecule has 0 bridgehead atoms. The highest BCUT2D eigenvalue weighted by atomic mass is 35.5. The zero-order valence-electron chi connectivity index (χ0n) is 42.9. The van der Waals surface area contributed by atoms with Gasteiger partial charge in [-0.05, 0) is 118 Å². The van der Waals surface area contributed by atoms with Crippen LogP contribution >= 0.6 is 11.6 Å². The van der Waals surface area contributed by atoms with Crippen LogP contribution in [0.15, 0.2) is 77.7 Å². The van der Waals surface area contributed by atoms with Crippen molar-refractivity contribution >= 4 is 61.3 Å². The molecule has 4 aromatic rings. The monoisotopic (exact) mass is 1060 g/mol. The smallest absolute Gasteiger partial charge is 0.293 e. The fourth-order valence-electron chi connectivity index (χ4n) is 10.8. The van der Waals surface area contributed by atoms with Crippen LogP contribution in [0.25, 0.3) is 16.5 Å². The number of aryl methyl sites for hydroxylation is 1. The van der Waals surface area contributed by atoms with Crippen molar-refractivity contribution in [3.8, 4) is 23.0 Å². The predicted octanol–water partition coefficient (Wildman–Crippen LogP) is 4.02. The number of anilines is 2. The maximum absolute atomic E-state index is 13.0. The molecule has 5 unspecified atom stereocenters. The van der Waals surface area contributed by atoms with Crippen LogP contribution in [0.4, 0.5) is 11.4 Å². The predicted molar refractivity (Wildman–Crippen MR) is 289 cm³/mol. The van der Waals surface area contributed by atoms with Crippen LogP contribution < -0.4 is 51.1 Å². The van der Waals surface area contributed by atoms with E-state index in [1.54, 1.807) is 50.2 Å². The number of nitrogens with one attached hydrogen (secondary N) is 6. The second-order valence-corrected chi connectivity index (χ2v) is 22.6. The summed E-state index contributed by atoms with van der Waals surface area (Å²) >= 11 is 6.84. The van der Waals surface area contributed by atoms with Crippen molar-refractivity contribution in [2.24, 2.45) is 18.9 Å². The van der Waals surface area contributed by atoms with E-state index in [0.29, 0.717) is 48.6 Å². The molecule has 6 heterocycles. The summed E-state index contributed by atoms with van der Waals surface area (Å²) in [6, 6.07) is 20.0. The number of hydrogen-bond acceptors (Lipinski definition) is 15. The van der Waals surface area contributed by atoms with Crippen molar-refractivity contribution < 1.29 is 32.2 Å². The average Bonchev–Trinajstić information content (AvgIpc) is 3.91. The number of sulfonamides is 1. The lowest BCUT2D eigenvalue weighted by Crippen LogP contribution is -2.68. The average molecular weight is 1060 g/mol. The Morgan fingerprint density at radius 1 is 0.851 bits per heavy atom. The molecule has 0 radical (unpaired) electrons. The maximum Gasteiger partial charge on any atom is 0.293 e. The Kier molecular flexibility index (Phi) is 17.3. The van der Waals surface area contributed by atoms with Crippen molar-refractivity contribution in [3.63, 3.8) is 0 Å². The van der Waals surface area contributed by atoms with Crippen LogP contribution in [0, 0.1) is 11.8 Å². The van der Waals surface area contributed by atoms with E-state index >= 15 is 0 Å². The largest absolute Gasteiger partial charge is 0.492 e. The molecule has 4 saturated heterocycles. The van der Waals surface area contributed by atoms with Crippen LogP contribution in [0.5, 0.6) is 23.0 Å². The van der Waals surface area contributed by atoms with E-state index in [1.165, 1.54) is 24.5 Å². The summed E-state index contributed by atoms with van der Waals surface area (Å²) in [5, 5.41) is 17.3. The van der Waals surface area contributed by atoms with Gasteiger partial charge in [-0.3, -0.25) is 39.5 Å². The number of alkyl halides is 1. The van der Waals surface area contributed by atoms with Crippen molar-refractivity contribution in [1.82, 2.24) is 45.4 Å². The minimum absolute atomic E-state index is 0.00104. The molecule has 0 saturated carbocycles. The van der Waals surface area contributed by atoms with Gasteiger partial charge in [-0.25, -0.2) is 8.42 Å². The molecule has 5 aliphatic rings. The number of aromatic nitrogens is 1. The number of likely N-dealkylation sites (N-methyl/N-ethyl adjacent to an activating group) is 2. The van der Waals surface area contributed by atoms with Crippen LogP contribution in [0.1, 0.15) is 44.6 Å². The van der Waals surface area contributed by atoms with Crippen molar-refractivity contribution in [2.45, 2.75) is 62.9 Å². The molecule has 6 N–H and O–H groups in total. The molecular formula is C53H72ClN11O8S. The van der Waals surface area contributed by atoms with Gasteiger partial charge in [-0.1, -0.05) is 6.07 Å². The molecule has 3 aromatic carbocycles. The standard InChI is InChI=1S/C53H72ClN11O8S/c1-5-74(69,70)60-38-12-14-46(42(30-38)43-33-61(3)52(68)49-41(43)15-18-56-49)73-40-10-6-9-39(31-40)71-27-26-64-24-22-63(23-25-64)19-7-8-35-16-20-65(21-17-35)53-57-32-44(54)50(59-53)58-37-11-13-45-36(28-37)29-47(51(67)62(45)4)72-34-48(66)55-2/h6,9-14,28-31,33,35,41,44,49-50,53,56-60H,5,7-8,15-27,32,34H2,1-4H3,(H,55,66).